The van der Waals surface area contributed by atoms with Gasteiger partial charge in [-0.15, -0.1) is 15.0 Å². The van der Waals surface area contributed by atoms with Gasteiger partial charge >= 0.3 is 0 Å². The fourth-order valence-corrected chi connectivity index (χ4v) is 3.58. The number of carbonyl (C=O) groups is 1. The summed E-state index contributed by atoms with van der Waals surface area (Å²) < 4.78 is 4.31. The summed E-state index contributed by atoms with van der Waals surface area (Å²) in [6, 6.07) is 18.9. The van der Waals surface area contributed by atoms with Crippen molar-refractivity contribution in [2.24, 2.45) is 0 Å². The number of hydrogen-bond donors (Lipinski definition) is 1. The van der Waals surface area contributed by atoms with Gasteiger partial charge in [-0.1, -0.05) is 42.5 Å². The molecular formula is C22H18BrN9O. The zero-order chi connectivity index (χ0) is 22.6. The van der Waals surface area contributed by atoms with Crippen LogP contribution in [-0.4, -0.2) is 45.7 Å². The molecule has 0 unspecified atom stereocenters. The van der Waals surface area contributed by atoms with Gasteiger partial charge in [0.2, 0.25) is 5.82 Å². The Balaban J connectivity index is 1.23. The largest absolute Gasteiger partial charge is 0.321 e. The lowest BCUT2D eigenvalue weighted by atomic mass is 10.2. The van der Waals surface area contributed by atoms with E-state index in [1.54, 1.807) is 23.1 Å². The minimum absolute atomic E-state index is 0.238. The van der Waals surface area contributed by atoms with Crippen LogP contribution in [0.2, 0.25) is 0 Å². The van der Waals surface area contributed by atoms with E-state index in [1.807, 2.05) is 65.5 Å². The molecule has 0 aliphatic rings. The van der Waals surface area contributed by atoms with Crippen molar-refractivity contribution in [2.75, 3.05) is 5.32 Å². The van der Waals surface area contributed by atoms with E-state index in [2.05, 4.69) is 46.9 Å². The predicted octanol–water partition coefficient (Wildman–Crippen LogP) is 3.30. The topological polar surface area (TPSA) is 108 Å². The zero-order valence-corrected chi connectivity index (χ0v) is 18.9. The highest BCUT2D eigenvalue weighted by Crippen LogP contribution is 2.15. The van der Waals surface area contributed by atoms with Gasteiger partial charge in [0.1, 0.15) is 0 Å². The summed E-state index contributed by atoms with van der Waals surface area (Å²) in [7, 11) is 0. The molecule has 0 spiro atoms. The number of benzene rings is 2. The lowest BCUT2D eigenvalue weighted by Crippen LogP contribution is -2.16. The molecule has 0 radical (unpaired) electrons. The number of carbonyl (C=O) groups excluding carboxylic acids is 1. The summed E-state index contributed by atoms with van der Waals surface area (Å²) in [6.07, 6.45) is 5.33. The van der Waals surface area contributed by atoms with Crippen molar-refractivity contribution < 1.29 is 4.79 Å². The van der Waals surface area contributed by atoms with Gasteiger partial charge in [-0.05, 0) is 44.9 Å². The Hall–Kier alpha value is -4.12. The Morgan fingerprint density at radius 1 is 1.00 bits per heavy atom. The molecule has 0 bridgehead atoms. The van der Waals surface area contributed by atoms with Gasteiger partial charge in [-0.25, -0.2) is 4.68 Å². The van der Waals surface area contributed by atoms with Crippen LogP contribution < -0.4 is 5.32 Å². The normalized spacial score (nSPS) is 10.9. The van der Waals surface area contributed by atoms with Gasteiger partial charge in [-0.3, -0.25) is 9.48 Å². The van der Waals surface area contributed by atoms with Crippen molar-refractivity contribution in [3.63, 3.8) is 0 Å². The Bertz CT molecular complexity index is 1390. The number of tetrazole rings is 1. The quantitative estimate of drug-likeness (QED) is 0.365. The molecule has 2 aromatic carbocycles. The molecule has 0 aliphatic heterocycles. The SMILES string of the molecule is O=C(Nc1cccc(Cn2cc(Br)cn2)c1)c1ccn(Cn2nnc(-c3ccccc3)n2)n1. The number of aromatic nitrogens is 8. The van der Waals surface area contributed by atoms with E-state index in [4.69, 9.17) is 0 Å². The molecule has 0 saturated heterocycles. The first kappa shape index (κ1) is 20.8. The van der Waals surface area contributed by atoms with Crippen molar-refractivity contribution in [2.45, 2.75) is 13.2 Å². The maximum Gasteiger partial charge on any atom is 0.276 e. The summed E-state index contributed by atoms with van der Waals surface area (Å²) in [4.78, 5) is 14.1. The van der Waals surface area contributed by atoms with Crippen molar-refractivity contribution in [1.29, 1.82) is 0 Å². The third-order valence-electron chi connectivity index (χ3n) is 4.76. The van der Waals surface area contributed by atoms with Crippen LogP contribution in [0.25, 0.3) is 11.4 Å². The van der Waals surface area contributed by atoms with E-state index in [1.165, 1.54) is 4.80 Å². The molecule has 10 nitrogen and oxygen atoms in total. The smallest absolute Gasteiger partial charge is 0.276 e. The summed E-state index contributed by atoms with van der Waals surface area (Å²) in [5, 5.41) is 24.0. The third kappa shape index (κ3) is 5.04. The van der Waals surface area contributed by atoms with E-state index in [-0.39, 0.29) is 12.6 Å². The molecule has 0 atom stereocenters. The second-order valence-electron chi connectivity index (χ2n) is 7.24. The van der Waals surface area contributed by atoms with E-state index in [9.17, 15) is 4.79 Å². The molecule has 0 saturated carbocycles. The number of rotatable bonds is 7. The lowest BCUT2D eigenvalue weighted by molar-refractivity contribution is 0.102. The number of nitrogens with zero attached hydrogens (tertiary/aromatic N) is 8. The highest BCUT2D eigenvalue weighted by atomic mass is 79.9. The zero-order valence-electron chi connectivity index (χ0n) is 17.3. The van der Waals surface area contributed by atoms with E-state index in [0.717, 1.165) is 15.6 Å². The van der Waals surface area contributed by atoms with Gasteiger partial charge < -0.3 is 5.32 Å². The Morgan fingerprint density at radius 3 is 2.70 bits per heavy atom. The summed E-state index contributed by atoms with van der Waals surface area (Å²) in [6.45, 7) is 0.835. The van der Waals surface area contributed by atoms with Gasteiger partial charge in [0, 0.05) is 23.6 Å². The number of anilines is 1. The highest BCUT2D eigenvalue weighted by Gasteiger charge is 2.12. The average molecular weight is 504 g/mol. The summed E-state index contributed by atoms with van der Waals surface area (Å²) in [5.74, 6) is 0.229. The van der Waals surface area contributed by atoms with Crippen LogP contribution in [-0.2, 0) is 13.2 Å². The molecule has 33 heavy (non-hydrogen) atoms. The molecule has 164 valence electrons. The van der Waals surface area contributed by atoms with Gasteiger partial charge in [0.25, 0.3) is 5.91 Å². The van der Waals surface area contributed by atoms with Crippen LogP contribution in [0, 0.1) is 0 Å². The maximum absolute atomic E-state index is 12.7. The van der Waals surface area contributed by atoms with Crippen LogP contribution in [0.1, 0.15) is 16.1 Å². The average Bonchev–Trinajstić information content (AvgIpc) is 3.57. The fourth-order valence-electron chi connectivity index (χ4n) is 3.25. The monoisotopic (exact) mass is 503 g/mol. The first-order chi connectivity index (χ1) is 16.1. The first-order valence-electron chi connectivity index (χ1n) is 10.1. The van der Waals surface area contributed by atoms with E-state index >= 15 is 0 Å². The molecule has 1 amide bonds. The molecule has 3 heterocycles. The molecule has 5 aromatic rings. The van der Waals surface area contributed by atoms with Crippen LogP contribution in [0.15, 0.2) is 83.7 Å². The van der Waals surface area contributed by atoms with Crippen molar-refractivity contribution in [3.05, 3.63) is 95.0 Å². The third-order valence-corrected chi connectivity index (χ3v) is 5.17. The first-order valence-corrected chi connectivity index (χ1v) is 10.9. The Kier molecular flexibility index (Phi) is 5.77. The number of amides is 1. The van der Waals surface area contributed by atoms with Crippen LogP contribution in [0.3, 0.4) is 0 Å². The molecule has 5 rings (SSSR count). The second-order valence-corrected chi connectivity index (χ2v) is 8.16. The molecule has 11 heteroatoms. The molecule has 0 fully saturated rings. The minimum atomic E-state index is -0.302. The van der Waals surface area contributed by atoms with E-state index in [0.29, 0.717) is 23.8 Å². The van der Waals surface area contributed by atoms with Crippen LogP contribution >= 0.6 is 15.9 Å². The van der Waals surface area contributed by atoms with Crippen molar-refractivity contribution in [1.82, 2.24) is 39.8 Å². The van der Waals surface area contributed by atoms with E-state index < -0.39 is 0 Å². The molecular weight excluding hydrogens is 486 g/mol. The van der Waals surface area contributed by atoms with Gasteiger partial charge in [0.15, 0.2) is 12.4 Å². The minimum Gasteiger partial charge on any atom is -0.321 e. The van der Waals surface area contributed by atoms with Crippen molar-refractivity contribution in [3.8, 4) is 11.4 Å². The number of nitrogens with one attached hydrogen (secondary N) is 1. The van der Waals surface area contributed by atoms with Crippen molar-refractivity contribution >= 4 is 27.5 Å². The maximum atomic E-state index is 12.7. The molecule has 0 aliphatic carbocycles. The van der Waals surface area contributed by atoms with Gasteiger partial charge in [0.05, 0.1) is 17.2 Å². The van der Waals surface area contributed by atoms with Crippen LogP contribution in [0.5, 0.6) is 0 Å². The number of hydrogen-bond acceptors (Lipinski definition) is 6. The Morgan fingerprint density at radius 2 is 1.88 bits per heavy atom. The Labute approximate surface area is 197 Å². The van der Waals surface area contributed by atoms with Gasteiger partial charge in [-0.2, -0.15) is 10.2 Å². The number of halogens is 1. The second kappa shape index (κ2) is 9.17. The molecule has 3 aromatic heterocycles. The molecule has 1 N–H and O–H groups in total. The fraction of sp³-hybridized carbons (Fsp3) is 0.0909. The standard InChI is InChI=1S/C22H18BrN9O/c23-18-12-24-31(14-18)13-16-5-4-8-19(11-16)25-22(33)20-9-10-30(27-20)15-32-28-21(26-29-32)17-6-2-1-3-7-17/h1-12,14H,13,15H2,(H,25,33). The highest BCUT2D eigenvalue weighted by molar-refractivity contribution is 9.10. The summed E-state index contributed by atoms with van der Waals surface area (Å²) >= 11 is 3.39. The van der Waals surface area contributed by atoms with Crippen LogP contribution in [0.4, 0.5) is 5.69 Å². The predicted molar refractivity (Wildman–Crippen MR) is 124 cm³/mol. The lowest BCUT2D eigenvalue weighted by Gasteiger charge is -2.07. The summed E-state index contributed by atoms with van der Waals surface area (Å²) in [5.41, 5.74) is 2.87.